The molecule has 15 heavy (non-hydrogen) atoms. The minimum Gasteiger partial charge on any atom is -0.468 e. The lowest BCUT2D eigenvalue weighted by atomic mass is 10.1. The summed E-state index contributed by atoms with van der Waals surface area (Å²) < 4.78 is 5.41. The Morgan fingerprint density at radius 3 is 3.13 bits per heavy atom. The fourth-order valence-electron chi connectivity index (χ4n) is 1.91. The summed E-state index contributed by atoms with van der Waals surface area (Å²) in [5.41, 5.74) is 1.28. The first-order chi connectivity index (χ1) is 7.36. The summed E-state index contributed by atoms with van der Waals surface area (Å²) in [4.78, 5) is 0. The highest BCUT2D eigenvalue weighted by atomic mass is 32.2. The first kappa shape index (κ1) is 11.1. The maximum atomic E-state index is 5.41. The molecule has 2 rings (SSSR count). The highest BCUT2D eigenvalue weighted by molar-refractivity contribution is 7.98. The molecule has 1 aromatic rings. The van der Waals surface area contributed by atoms with Crippen LogP contribution in [0.5, 0.6) is 0 Å². The fraction of sp³-hybridized carbons (Fsp3) is 0.667. The standard InChI is InChI=1S/C12H19NOS/c1-10-5-7-14-12(10)9-15-8-11-4-2-3-6-13-11/h5,7,11,13H,2-4,6,8-9H2,1H3. The van der Waals surface area contributed by atoms with E-state index in [1.165, 1.54) is 37.1 Å². The van der Waals surface area contributed by atoms with Crippen molar-refractivity contribution in [3.63, 3.8) is 0 Å². The number of hydrogen-bond acceptors (Lipinski definition) is 3. The molecule has 0 aromatic carbocycles. The summed E-state index contributed by atoms with van der Waals surface area (Å²) in [7, 11) is 0. The zero-order valence-corrected chi connectivity index (χ0v) is 10.1. The molecule has 0 radical (unpaired) electrons. The lowest BCUT2D eigenvalue weighted by molar-refractivity contribution is 0.429. The Bertz CT molecular complexity index is 292. The minimum absolute atomic E-state index is 0.721. The molecular formula is C12H19NOS. The van der Waals surface area contributed by atoms with Crippen LogP contribution >= 0.6 is 11.8 Å². The second-order valence-electron chi connectivity index (χ2n) is 4.19. The third kappa shape index (κ3) is 3.28. The molecule has 84 valence electrons. The molecule has 1 atom stereocenters. The van der Waals surface area contributed by atoms with Gasteiger partial charge in [0.2, 0.25) is 0 Å². The van der Waals surface area contributed by atoms with Crippen molar-refractivity contribution in [2.75, 3.05) is 12.3 Å². The van der Waals surface area contributed by atoms with Crippen LogP contribution in [0.15, 0.2) is 16.7 Å². The van der Waals surface area contributed by atoms with Crippen LogP contribution in [0.4, 0.5) is 0 Å². The summed E-state index contributed by atoms with van der Waals surface area (Å²) >= 11 is 1.98. The minimum atomic E-state index is 0.721. The Labute approximate surface area is 95.8 Å². The Morgan fingerprint density at radius 1 is 1.53 bits per heavy atom. The molecule has 1 N–H and O–H groups in total. The van der Waals surface area contributed by atoms with Crippen molar-refractivity contribution in [2.45, 2.75) is 38.0 Å². The normalized spacial score (nSPS) is 21.8. The third-order valence-corrected chi connectivity index (χ3v) is 4.04. The SMILES string of the molecule is Cc1ccoc1CSCC1CCCCN1. The molecular weight excluding hydrogens is 206 g/mol. The maximum absolute atomic E-state index is 5.41. The van der Waals surface area contributed by atoms with Crippen molar-refractivity contribution < 1.29 is 4.42 Å². The molecule has 0 saturated carbocycles. The molecule has 1 aromatic heterocycles. The summed E-state index contributed by atoms with van der Waals surface area (Å²) in [6.07, 6.45) is 5.85. The average Bonchev–Trinajstić information content (AvgIpc) is 2.66. The molecule has 0 amide bonds. The fourth-order valence-corrected chi connectivity index (χ4v) is 3.08. The van der Waals surface area contributed by atoms with E-state index < -0.39 is 0 Å². The van der Waals surface area contributed by atoms with E-state index in [1.54, 1.807) is 6.26 Å². The molecule has 2 heterocycles. The van der Waals surface area contributed by atoms with Gasteiger partial charge < -0.3 is 9.73 Å². The summed E-state index contributed by atoms with van der Waals surface area (Å²) in [5, 5.41) is 3.56. The molecule has 1 aliphatic rings. The smallest absolute Gasteiger partial charge is 0.116 e. The highest BCUT2D eigenvalue weighted by Crippen LogP contribution is 2.19. The summed E-state index contributed by atoms with van der Waals surface area (Å²) in [6.45, 7) is 3.31. The van der Waals surface area contributed by atoms with Crippen molar-refractivity contribution in [3.05, 3.63) is 23.7 Å². The van der Waals surface area contributed by atoms with Crippen molar-refractivity contribution in [3.8, 4) is 0 Å². The molecule has 0 spiro atoms. The van der Waals surface area contributed by atoms with E-state index in [2.05, 4.69) is 12.2 Å². The van der Waals surface area contributed by atoms with Gasteiger partial charge >= 0.3 is 0 Å². The van der Waals surface area contributed by atoms with Gasteiger partial charge in [-0.25, -0.2) is 0 Å². The van der Waals surface area contributed by atoms with Gasteiger partial charge in [0.15, 0.2) is 0 Å². The zero-order chi connectivity index (χ0) is 10.5. The first-order valence-corrected chi connectivity index (χ1v) is 6.86. The van der Waals surface area contributed by atoms with Crippen LogP contribution in [-0.4, -0.2) is 18.3 Å². The number of piperidine rings is 1. The molecule has 1 aliphatic heterocycles. The lowest BCUT2D eigenvalue weighted by Crippen LogP contribution is -2.35. The van der Waals surface area contributed by atoms with Crippen LogP contribution in [0.3, 0.4) is 0 Å². The van der Waals surface area contributed by atoms with Gasteiger partial charge in [0.1, 0.15) is 5.76 Å². The van der Waals surface area contributed by atoms with Gasteiger partial charge in [0, 0.05) is 11.8 Å². The van der Waals surface area contributed by atoms with Crippen molar-refractivity contribution in [2.24, 2.45) is 0 Å². The van der Waals surface area contributed by atoms with Gasteiger partial charge in [-0.3, -0.25) is 0 Å². The second-order valence-corrected chi connectivity index (χ2v) is 5.22. The number of rotatable bonds is 4. The van der Waals surface area contributed by atoms with E-state index in [0.717, 1.165) is 17.6 Å². The number of hydrogen-bond donors (Lipinski definition) is 1. The molecule has 1 unspecified atom stereocenters. The maximum Gasteiger partial charge on any atom is 0.116 e. The van der Waals surface area contributed by atoms with Crippen LogP contribution in [0.2, 0.25) is 0 Å². The second kappa shape index (κ2) is 5.61. The number of thioether (sulfide) groups is 1. The molecule has 0 bridgehead atoms. The largest absolute Gasteiger partial charge is 0.468 e. The van der Waals surface area contributed by atoms with Gasteiger partial charge in [-0.05, 0) is 37.9 Å². The average molecular weight is 225 g/mol. The van der Waals surface area contributed by atoms with E-state index in [-0.39, 0.29) is 0 Å². The first-order valence-electron chi connectivity index (χ1n) is 5.70. The number of nitrogens with one attached hydrogen (secondary N) is 1. The lowest BCUT2D eigenvalue weighted by Gasteiger charge is -2.22. The number of aryl methyl sites for hydroxylation is 1. The molecule has 2 nitrogen and oxygen atoms in total. The van der Waals surface area contributed by atoms with Crippen LogP contribution in [-0.2, 0) is 5.75 Å². The van der Waals surface area contributed by atoms with Gasteiger partial charge in [0.25, 0.3) is 0 Å². The highest BCUT2D eigenvalue weighted by Gasteiger charge is 2.12. The molecule has 0 aliphatic carbocycles. The predicted molar refractivity (Wildman–Crippen MR) is 65.2 cm³/mol. The van der Waals surface area contributed by atoms with Gasteiger partial charge in [-0.1, -0.05) is 6.42 Å². The Kier molecular flexibility index (Phi) is 4.15. The van der Waals surface area contributed by atoms with Crippen LogP contribution in [0.1, 0.15) is 30.6 Å². The Morgan fingerprint density at radius 2 is 2.47 bits per heavy atom. The van der Waals surface area contributed by atoms with Gasteiger partial charge in [-0.2, -0.15) is 11.8 Å². The van der Waals surface area contributed by atoms with Crippen LogP contribution < -0.4 is 5.32 Å². The summed E-state index contributed by atoms with van der Waals surface area (Å²) in [5.74, 6) is 3.35. The van der Waals surface area contributed by atoms with E-state index in [0.29, 0.717) is 0 Å². The summed E-state index contributed by atoms with van der Waals surface area (Å²) in [6, 6.07) is 2.76. The van der Waals surface area contributed by atoms with Crippen molar-refractivity contribution in [1.29, 1.82) is 0 Å². The topological polar surface area (TPSA) is 25.2 Å². The van der Waals surface area contributed by atoms with Crippen LogP contribution in [0.25, 0.3) is 0 Å². The zero-order valence-electron chi connectivity index (χ0n) is 9.29. The number of furan rings is 1. The van der Waals surface area contributed by atoms with E-state index in [1.807, 2.05) is 17.8 Å². The van der Waals surface area contributed by atoms with Crippen molar-refractivity contribution in [1.82, 2.24) is 5.32 Å². The monoisotopic (exact) mass is 225 g/mol. The Hall–Kier alpha value is -0.410. The third-order valence-electron chi connectivity index (χ3n) is 2.93. The van der Waals surface area contributed by atoms with E-state index >= 15 is 0 Å². The van der Waals surface area contributed by atoms with Gasteiger partial charge in [-0.15, -0.1) is 0 Å². The molecule has 1 fully saturated rings. The Balaban J connectivity index is 1.68. The van der Waals surface area contributed by atoms with Crippen LogP contribution in [0, 0.1) is 6.92 Å². The molecule has 1 saturated heterocycles. The van der Waals surface area contributed by atoms with Crippen molar-refractivity contribution >= 4 is 11.8 Å². The van der Waals surface area contributed by atoms with Gasteiger partial charge in [0.05, 0.1) is 12.0 Å². The molecule has 3 heteroatoms. The van der Waals surface area contributed by atoms with E-state index in [9.17, 15) is 0 Å². The van der Waals surface area contributed by atoms with E-state index in [4.69, 9.17) is 4.42 Å². The predicted octanol–water partition coefficient (Wildman–Crippen LogP) is 2.96. The quantitative estimate of drug-likeness (QED) is 0.853.